The molecule has 1 aromatic carbocycles. The Labute approximate surface area is 122 Å². The van der Waals surface area contributed by atoms with Gasteiger partial charge in [-0.05, 0) is 30.7 Å². The topological polar surface area (TPSA) is 122 Å². The molecule has 0 bridgehead atoms. The Kier molecular flexibility index (Phi) is 6.19. The molecule has 5 N–H and O–H groups in total. The molecule has 1 atom stereocenters. The molecule has 21 heavy (non-hydrogen) atoms. The second-order valence-corrected chi connectivity index (χ2v) is 4.62. The van der Waals surface area contributed by atoms with Gasteiger partial charge >= 0.3 is 12.0 Å². The number of nitrogens with two attached hydrogens (primary N) is 1. The van der Waals surface area contributed by atoms with E-state index in [2.05, 4.69) is 10.6 Å². The molecule has 0 aromatic heterocycles. The Hall–Kier alpha value is -2.57. The second kappa shape index (κ2) is 7.88. The molecule has 0 radical (unpaired) electrons. The van der Waals surface area contributed by atoms with Gasteiger partial charge in [-0.25, -0.2) is 4.79 Å². The maximum atomic E-state index is 11.8. The van der Waals surface area contributed by atoms with Crippen molar-refractivity contribution < 1.29 is 19.5 Å². The van der Waals surface area contributed by atoms with Crippen LogP contribution in [0.1, 0.15) is 36.5 Å². The number of nitrogens with one attached hydrogen (secondary N) is 2. The summed E-state index contributed by atoms with van der Waals surface area (Å²) in [7, 11) is 0. The van der Waals surface area contributed by atoms with E-state index in [1.165, 1.54) is 12.1 Å². The van der Waals surface area contributed by atoms with Crippen LogP contribution in [0.5, 0.6) is 0 Å². The maximum absolute atomic E-state index is 11.8. The highest BCUT2D eigenvalue weighted by Gasteiger charge is 2.15. The number of aliphatic carboxylic acids is 1. The van der Waals surface area contributed by atoms with E-state index in [0.717, 1.165) is 6.42 Å². The lowest BCUT2D eigenvalue weighted by atomic mass is 10.1. The van der Waals surface area contributed by atoms with Gasteiger partial charge in [-0.2, -0.15) is 0 Å². The molecule has 1 aromatic rings. The first-order valence-electron chi connectivity index (χ1n) is 6.61. The molecule has 7 heteroatoms. The summed E-state index contributed by atoms with van der Waals surface area (Å²) < 4.78 is 0. The van der Waals surface area contributed by atoms with Crippen LogP contribution in [0.15, 0.2) is 24.3 Å². The van der Waals surface area contributed by atoms with Crippen molar-refractivity contribution in [2.45, 2.75) is 32.2 Å². The molecular formula is C14H19N3O4. The molecular weight excluding hydrogens is 274 g/mol. The fraction of sp³-hybridized carbons (Fsp3) is 0.357. The van der Waals surface area contributed by atoms with E-state index in [4.69, 9.17) is 10.8 Å². The van der Waals surface area contributed by atoms with E-state index < -0.39 is 23.9 Å². The van der Waals surface area contributed by atoms with Crippen LogP contribution >= 0.6 is 0 Å². The van der Waals surface area contributed by atoms with Crippen molar-refractivity contribution in [3.8, 4) is 0 Å². The highest BCUT2D eigenvalue weighted by molar-refractivity contribution is 5.94. The summed E-state index contributed by atoms with van der Waals surface area (Å²) in [5.41, 5.74) is 5.95. The van der Waals surface area contributed by atoms with Crippen LogP contribution in [0, 0.1) is 0 Å². The molecule has 0 aliphatic carbocycles. The predicted octanol–water partition coefficient (Wildman–Crippen LogP) is 1.55. The van der Waals surface area contributed by atoms with Gasteiger partial charge in [0.15, 0.2) is 0 Å². The number of rotatable bonds is 7. The summed E-state index contributed by atoms with van der Waals surface area (Å²) in [4.78, 5) is 33.4. The third-order valence-corrected chi connectivity index (χ3v) is 2.82. The van der Waals surface area contributed by atoms with Gasteiger partial charge in [0, 0.05) is 17.3 Å². The Morgan fingerprint density at radius 3 is 2.33 bits per heavy atom. The summed E-state index contributed by atoms with van der Waals surface area (Å²) in [5, 5.41) is 14.0. The van der Waals surface area contributed by atoms with E-state index >= 15 is 0 Å². The summed E-state index contributed by atoms with van der Waals surface area (Å²) >= 11 is 0. The standard InChI is InChI=1S/C14H19N3O4/c1-2-3-11(8-12(18)19)17-14(21)16-10-6-4-9(5-7-10)13(15)20/h4-7,11H,2-3,8H2,1H3,(H2,15,20)(H,18,19)(H2,16,17,21). The Bertz CT molecular complexity index is 513. The number of primary amides is 1. The first-order chi connectivity index (χ1) is 9.92. The fourth-order valence-corrected chi connectivity index (χ4v) is 1.85. The maximum Gasteiger partial charge on any atom is 0.319 e. The zero-order valence-corrected chi connectivity index (χ0v) is 11.8. The van der Waals surface area contributed by atoms with Crippen LogP contribution in [0.25, 0.3) is 0 Å². The minimum Gasteiger partial charge on any atom is -0.481 e. The number of benzene rings is 1. The van der Waals surface area contributed by atoms with Gasteiger partial charge in [0.05, 0.1) is 6.42 Å². The fourth-order valence-electron chi connectivity index (χ4n) is 1.85. The molecule has 7 nitrogen and oxygen atoms in total. The lowest BCUT2D eigenvalue weighted by Crippen LogP contribution is -2.39. The number of carbonyl (C=O) groups is 3. The molecule has 1 unspecified atom stereocenters. The number of carboxylic acid groups (broad SMARTS) is 1. The van der Waals surface area contributed by atoms with Crippen molar-refractivity contribution >= 4 is 23.6 Å². The molecule has 1 rings (SSSR count). The monoisotopic (exact) mass is 293 g/mol. The lowest BCUT2D eigenvalue weighted by Gasteiger charge is -2.16. The minimum absolute atomic E-state index is 0.123. The number of hydrogen-bond donors (Lipinski definition) is 4. The molecule has 0 spiro atoms. The average Bonchev–Trinajstić information content (AvgIpc) is 2.38. The van der Waals surface area contributed by atoms with Gasteiger partial charge in [-0.1, -0.05) is 13.3 Å². The molecule has 114 valence electrons. The second-order valence-electron chi connectivity index (χ2n) is 4.62. The van der Waals surface area contributed by atoms with Gasteiger partial charge < -0.3 is 21.5 Å². The van der Waals surface area contributed by atoms with Crippen LogP contribution in [-0.4, -0.2) is 29.1 Å². The molecule has 0 fully saturated rings. The van der Waals surface area contributed by atoms with Crippen molar-refractivity contribution in [1.82, 2.24) is 5.32 Å². The highest BCUT2D eigenvalue weighted by Crippen LogP contribution is 2.09. The van der Waals surface area contributed by atoms with E-state index in [0.29, 0.717) is 17.7 Å². The van der Waals surface area contributed by atoms with Crippen molar-refractivity contribution in [1.29, 1.82) is 0 Å². The number of amides is 3. The van der Waals surface area contributed by atoms with Crippen LogP contribution in [0.2, 0.25) is 0 Å². The molecule has 0 heterocycles. The van der Waals surface area contributed by atoms with Crippen LogP contribution in [-0.2, 0) is 4.79 Å². The van der Waals surface area contributed by atoms with Crippen molar-refractivity contribution in [3.05, 3.63) is 29.8 Å². The Morgan fingerprint density at radius 1 is 1.24 bits per heavy atom. The van der Waals surface area contributed by atoms with Gasteiger partial charge in [-0.3, -0.25) is 9.59 Å². The third-order valence-electron chi connectivity index (χ3n) is 2.82. The summed E-state index contributed by atoms with van der Waals surface area (Å²) in [6.07, 6.45) is 1.23. The molecule has 3 amide bonds. The summed E-state index contributed by atoms with van der Waals surface area (Å²) in [6.45, 7) is 1.91. The van der Waals surface area contributed by atoms with Crippen molar-refractivity contribution in [2.75, 3.05) is 5.32 Å². The number of anilines is 1. The zero-order chi connectivity index (χ0) is 15.8. The van der Waals surface area contributed by atoms with Crippen molar-refractivity contribution in [3.63, 3.8) is 0 Å². The zero-order valence-electron chi connectivity index (χ0n) is 11.8. The number of carbonyl (C=O) groups excluding carboxylic acids is 2. The largest absolute Gasteiger partial charge is 0.481 e. The van der Waals surface area contributed by atoms with E-state index in [1.807, 2.05) is 6.92 Å². The first-order valence-corrected chi connectivity index (χ1v) is 6.61. The summed E-state index contributed by atoms with van der Waals surface area (Å²) in [5.74, 6) is -1.50. The SMILES string of the molecule is CCCC(CC(=O)O)NC(=O)Nc1ccc(C(N)=O)cc1. The third kappa shape index (κ3) is 5.94. The number of urea groups is 1. The first kappa shape index (κ1) is 16.5. The van der Waals surface area contributed by atoms with Crippen LogP contribution in [0.4, 0.5) is 10.5 Å². The summed E-state index contributed by atoms with van der Waals surface area (Å²) in [6, 6.07) is 5.19. The molecule has 0 aliphatic heterocycles. The van der Waals surface area contributed by atoms with Crippen LogP contribution < -0.4 is 16.4 Å². The Morgan fingerprint density at radius 2 is 1.86 bits per heavy atom. The van der Waals surface area contributed by atoms with Gasteiger partial charge in [0.2, 0.25) is 5.91 Å². The van der Waals surface area contributed by atoms with E-state index in [-0.39, 0.29) is 6.42 Å². The highest BCUT2D eigenvalue weighted by atomic mass is 16.4. The molecule has 0 aliphatic rings. The van der Waals surface area contributed by atoms with Gasteiger partial charge in [0.1, 0.15) is 0 Å². The normalized spacial score (nSPS) is 11.5. The number of carboxylic acids is 1. The van der Waals surface area contributed by atoms with Gasteiger partial charge in [0.25, 0.3) is 0 Å². The predicted molar refractivity (Wildman–Crippen MR) is 78.1 cm³/mol. The quantitative estimate of drug-likeness (QED) is 0.609. The average molecular weight is 293 g/mol. The van der Waals surface area contributed by atoms with Crippen LogP contribution in [0.3, 0.4) is 0 Å². The van der Waals surface area contributed by atoms with Crippen molar-refractivity contribution in [2.24, 2.45) is 5.73 Å². The van der Waals surface area contributed by atoms with E-state index in [1.54, 1.807) is 12.1 Å². The number of hydrogen-bond acceptors (Lipinski definition) is 3. The minimum atomic E-state index is -0.959. The molecule has 0 saturated carbocycles. The smallest absolute Gasteiger partial charge is 0.319 e. The lowest BCUT2D eigenvalue weighted by molar-refractivity contribution is -0.137. The molecule has 0 saturated heterocycles. The van der Waals surface area contributed by atoms with Gasteiger partial charge in [-0.15, -0.1) is 0 Å². The van der Waals surface area contributed by atoms with E-state index in [9.17, 15) is 14.4 Å². The Balaban J connectivity index is 2.58.